The molecule has 0 heterocycles. The molecule has 2 nitrogen and oxygen atoms in total. The summed E-state index contributed by atoms with van der Waals surface area (Å²) in [7, 11) is 0. The van der Waals surface area contributed by atoms with Crippen LogP contribution in [0.15, 0.2) is 24.3 Å². The lowest BCUT2D eigenvalue weighted by Gasteiger charge is -2.12. The van der Waals surface area contributed by atoms with Crippen LogP contribution < -0.4 is 4.74 Å². The van der Waals surface area contributed by atoms with E-state index in [1.54, 1.807) is 0 Å². The van der Waals surface area contributed by atoms with E-state index < -0.39 is 17.9 Å². The van der Waals surface area contributed by atoms with Crippen molar-refractivity contribution in [3.8, 4) is 5.75 Å². The highest BCUT2D eigenvalue weighted by Gasteiger charge is 2.32. The molecule has 0 aliphatic heterocycles. The van der Waals surface area contributed by atoms with Crippen molar-refractivity contribution in [1.82, 2.24) is 0 Å². The summed E-state index contributed by atoms with van der Waals surface area (Å²) in [5.41, 5.74) is -0.0741. The van der Waals surface area contributed by atoms with E-state index in [1.165, 1.54) is 18.2 Å². The predicted molar refractivity (Wildman–Crippen MR) is 57.4 cm³/mol. The molecule has 0 spiro atoms. The number of hydrogen-bond acceptors (Lipinski definition) is 2. The number of benzene rings is 1. The number of ketones is 1. The van der Waals surface area contributed by atoms with Crippen molar-refractivity contribution >= 4 is 17.4 Å². The average molecular weight is 267 g/mol. The van der Waals surface area contributed by atoms with E-state index >= 15 is 0 Å². The van der Waals surface area contributed by atoms with Crippen molar-refractivity contribution < 1.29 is 22.7 Å². The summed E-state index contributed by atoms with van der Waals surface area (Å²) in [6.07, 6.45) is -4.29. The number of alkyl halides is 4. The smallest absolute Gasteiger partial charge is 0.405 e. The topological polar surface area (TPSA) is 26.3 Å². The van der Waals surface area contributed by atoms with Crippen molar-refractivity contribution in [2.45, 2.75) is 19.2 Å². The summed E-state index contributed by atoms with van der Waals surface area (Å²) in [6, 6.07) is 5.27. The molecule has 0 bridgehead atoms. The van der Waals surface area contributed by atoms with Gasteiger partial charge in [0.15, 0.2) is 5.78 Å². The maximum atomic E-state index is 12.1. The molecule has 1 aromatic carbocycles. The van der Waals surface area contributed by atoms with E-state index in [-0.39, 0.29) is 17.9 Å². The molecule has 6 heteroatoms. The van der Waals surface area contributed by atoms with Crippen molar-refractivity contribution in [3.05, 3.63) is 29.8 Å². The molecular formula is C11H10ClF3O2. The van der Waals surface area contributed by atoms with Gasteiger partial charge in [-0.25, -0.2) is 0 Å². The molecule has 0 saturated heterocycles. The zero-order valence-corrected chi connectivity index (χ0v) is 9.52. The van der Waals surface area contributed by atoms with Gasteiger partial charge in [0, 0.05) is 12.3 Å². The maximum Gasteiger partial charge on any atom is 0.573 e. The lowest BCUT2D eigenvalue weighted by atomic mass is 10.1. The Hall–Kier alpha value is -1.23. The lowest BCUT2D eigenvalue weighted by Crippen LogP contribution is -2.19. The molecule has 0 saturated carbocycles. The van der Waals surface area contributed by atoms with Crippen LogP contribution in [0.25, 0.3) is 0 Å². The predicted octanol–water partition coefficient (Wildman–Crippen LogP) is 3.79. The minimum absolute atomic E-state index is 0.0741. The zero-order chi connectivity index (χ0) is 12.9. The first-order valence-electron chi connectivity index (χ1n) is 4.88. The van der Waals surface area contributed by atoms with Crippen LogP contribution in [0.2, 0.25) is 0 Å². The summed E-state index contributed by atoms with van der Waals surface area (Å²) in [5.74, 6) is -0.598. The van der Waals surface area contributed by atoms with Crippen LogP contribution in [0.4, 0.5) is 13.2 Å². The quantitative estimate of drug-likeness (QED) is 0.599. The number of Topliss-reactive ketones (excluding diaryl/α,β-unsaturated/α-hetero) is 1. The van der Waals surface area contributed by atoms with E-state index in [0.717, 1.165) is 6.07 Å². The molecule has 0 aliphatic rings. The number of carbonyl (C=O) groups is 1. The van der Waals surface area contributed by atoms with Gasteiger partial charge >= 0.3 is 6.36 Å². The van der Waals surface area contributed by atoms with Gasteiger partial charge in [-0.05, 0) is 18.6 Å². The van der Waals surface area contributed by atoms with Crippen LogP contribution in [-0.4, -0.2) is 18.0 Å². The second-order valence-corrected chi connectivity index (χ2v) is 3.64. The van der Waals surface area contributed by atoms with Gasteiger partial charge < -0.3 is 4.74 Å². The molecule has 17 heavy (non-hydrogen) atoms. The molecule has 0 fully saturated rings. The van der Waals surface area contributed by atoms with Crippen LogP contribution in [0.3, 0.4) is 0 Å². The maximum absolute atomic E-state index is 12.1. The number of rotatable bonds is 5. The number of para-hydroxylation sites is 1. The van der Waals surface area contributed by atoms with Gasteiger partial charge in [-0.15, -0.1) is 24.8 Å². The Kier molecular flexibility index (Phi) is 4.81. The van der Waals surface area contributed by atoms with Crippen molar-refractivity contribution in [1.29, 1.82) is 0 Å². The lowest BCUT2D eigenvalue weighted by molar-refractivity contribution is -0.274. The summed E-state index contributed by atoms with van der Waals surface area (Å²) in [4.78, 5) is 11.6. The fourth-order valence-corrected chi connectivity index (χ4v) is 1.41. The minimum atomic E-state index is -4.80. The fourth-order valence-electron chi connectivity index (χ4n) is 1.27. The highest BCUT2D eigenvalue weighted by atomic mass is 35.5. The zero-order valence-electron chi connectivity index (χ0n) is 8.76. The fraction of sp³-hybridized carbons (Fsp3) is 0.364. The average Bonchev–Trinajstić information content (AvgIpc) is 2.24. The van der Waals surface area contributed by atoms with Crippen molar-refractivity contribution in [3.63, 3.8) is 0 Å². The molecular weight excluding hydrogens is 257 g/mol. The van der Waals surface area contributed by atoms with Crippen LogP contribution in [0, 0.1) is 0 Å². The van der Waals surface area contributed by atoms with E-state index in [1.807, 2.05) is 0 Å². The van der Waals surface area contributed by atoms with Crippen LogP contribution in [0.5, 0.6) is 5.75 Å². The van der Waals surface area contributed by atoms with Gasteiger partial charge in [0.2, 0.25) is 0 Å². The van der Waals surface area contributed by atoms with Gasteiger partial charge in [0.1, 0.15) is 5.75 Å². The molecule has 94 valence electrons. The third-order valence-electron chi connectivity index (χ3n) is 1.95. The van der Waals surface area contributed by atoms with Crippen molar-refractivity contribution in [2.24, 2.45) is 0 Å². The molecule has 0 atom stereocenters. The van der Waals surface area contributed by atoms with Crippen LogP contribution in [0.1, 0.15) is 23.2 Å². The van der Waals surface area contributed by atoms with E-state index in [4.69, 9.17) is 11.6 Å². The number of ether oxygens (including phenoxy) is 1. The third kappa shape index (κ3) is 4.65. The Morgan fingerprint density at radius 2 is 1.94 bits per heavy atom. The molecule has 0 aromatic heterocycles. The Balaban J connectivity index is 2.88. The van der Waals surface area contributed by atoms with Gasteiger partial charge in [-0.3, -0.25) is 4.79 Å². The summed E-state index contributed by atoms with van der Waals surface area (Å²) in [5, 5.41) is 0. The Morgan fingerprint density at radius 3 is 2.53 bits per heavy atom. The SMILES string of the molecule is O=C(CCCCl)c1ccccc1OC(F)(F)F. The first kappa shape index (κ1) is 13.8. The molecule has 0 amide bonds. The second-order valence-electron chi connectivity index (χ2n) is 3.26. The molecule has 0 aliphatic carbocycles. The largest absolute Gasteiger partial charge is 0.573 e. The normalized spacial score (nSPS) is 11.3. The summed E-state index contributed by atoms with van der Waals surface area (Å²) < 4.78 is 40.0. The Morgan fingerprint density at radius 1 is 1.29 bits per heavy atom. The third-order valence-corrected chi connectivity index (χ3v) is 2.22. The molecule has 0 radical (unpaired) electrons. The van der Waals surface area contributed by atoms with E-state index in [0.29, 0.717) is 6.42 Å². The highest BCUT2D eigenvalue weighted by molar-refractivity contribution is 6.18. The van der Waals surface area contributed by atoms with Gasteiger partial charge in [-0.2, -0.15) is 0 Å². The second kappa shape index (κ2) is 5.91. The number of carbonyl (C=O) groups excluding carboxylic acids is 1. The molecule has 0 N–H and O–H groups in total. The molecule has 1 rings (SSSR count). The standard InChI is InChI=1S/C11H10ClF3O2/c12-7-3-5-9(16)8-4-1-2-6-10(8)17-11(13,14)15/h1-2,4,6H,3,5,7H2. The first-order chi connectivity index (χ1) is 7.94. The molecule has 1 aromatic rings. The highest BCUT2D eigenvalue weighted by Crippen LogP contribution is 2.27. The first-order valence-corrected chi connectivity index (χ1v) is 5.41. The Bertz CT molecular complexity index is 391. The Labute approximate surface area is 101 Å². The molecule has 0 unspecified atom stereocenters. The summed E-state index contributed by atoms with van der Waals surface area (Å²) in [6.45, 7) is 0. The summed E-state index contributed by atoms with van der Waals surface area (Å²) >= 11 is 5.42. The minimum Gasteiger partial charge on any atom is -0.405 e. The number of hydrogen-bond donors (Lipinski definition) is 0. The van der Waals surface area contributed by atoms with Crippen molar-refractivity contribution in [2.75, 3.05) is 5.88 Å². The van der Waals surface area contributed by atoms with Gasteiger partial charge in [-0.1, -0.05) is 12.1 Å². The van der Waals surface area contributed by atoms with E-state index in [9.17, 15) is 18.0 Å². The monoisotopic (exact) mass is 266 g/mol. The number of halogens is 4. The van der Waals surface area contributed by atoms with Crippen LogP contribution >= 0.6 is 11.6 Å². The van der Waals surface area contributed by atoms with Gasteiger partial charge in [0.25, 0.3) is 0 Å². The van der Waals surface area contributed by atoms with E-state index in [2.05, 4.69) is 4.74 Å². The van der Waals surface area contributed by atoms with Crippen LogP contribution in [-0.2, 0) is 0 Å². The van der Waals surface area contributed by atoms with Gasteiger partial charge in [0.05, 0.1) is 5.56 Å².